The first kappa shape index (κ1) is 13.3. The monoisotopic (exact) mass is 278 g/mol. The number of carbonyl (C=O) groups excluding carboxylic acids is 1. The lowest BCUT2D eigenvalue weighted by molar-refractivity contribution is 0.0592. The molecule has 2 rings (SSSR count). The molecular weight excluding hydrogens is 268 g/mol. The van der Waals surface area contributed by atoms with Gasteiger partial charge in [0.15, 0.2) is 5.69 Å². The van der Waals surface area contributed by atoms with E-state index in [9.17, 15) is 4.79 Å². The maximum Gasteiger partial charge on any atom is 0.358 e. The van der Waals surface area contributed by atoms with Crippen molar-refractivity contribution in [1.29, 1.82) is 0 Å². The van der Waals surface area contributed by atoms with Crippen molar-refractivity contribution in [2.24, 2.45) is 0 Å². The molecule has 0 aliphatic rings. The number of aryl methyl sites for hydroxylation is 1. The maximum atomic E-state index is 11.3. The van der Waals surface area contributed by atoms with E-state index in [4.69, 9.17) is 16.3 Å². The van der Waals surface area contributed by atoms with Gasteiger partial charge in [0.25, 0.3) is 0 Å². The Bertz CT molecular complexity index is 617. The Kier molecular flexibility index (Phi) is 3.97. The lowest BCUT2D eigenvalue weighted by Gasteiger charge is -2.08. The summed E-state index contributed by atoms with van der Waals surface area (Å²) >= 11 is 5.90. The Morgan fingerprint density at radius 1 is 1.32 bits per heavy atom. The minimum absolute atomic E-state index is 0.0830. The molecule has 0 amide bonds. The van der Waals surface area contributed by atoms with E-state index in [0.29, 0.717) is 10.8 Å². The van der Waals surface area contributed by atoms with Crippen LogP contribution in [0.3, 0.4) is 0 Å². The lowest BCUT2D eigenvalue weighted by Crippen LogP contribution is -2.05. The van der Waals surface area contributed by atoms with E-state index in [0.717, 1.165) is 5.56 Å². The van der Waals surface area contributed by atoms with Crippen LogP contribution in [0.5, 0.6) is 11.6 Å². The highest BCUT2D eigenvalue weighted by Crippen LogP contribution is 2.26. The predicted octanol–water partition coefficient (Wildman–Crippen LogP) is 3.02. The average Bonchev–Trinajstić information content (AvgIpc) is 2.42. The first-order chi connectivity index (χ1) is 9.10. The molecule has 19 heavy (non-hydrogen) atoms. The molecule has 0 bridgehead atoms. The molecule has 0 fully saturated rings. The largest absolute Gasteiger partial charge is 0.464 e. The highest BCUT2D eigenvalue weighted by atomic mass is 35.5. The molecule has 1 aromatic heterocycles. The van der Waals surface area contributed by atoms with Gasteiger partial charge in [-0.25, -0.2) is 9.78 Å². The van der Waals surface area contributed by atoms with Gasteiger partial charge < -0.3 is 9.47 Å². The zero-order chi connectivity index (χ0) is 13.8. The van der Waals surface area contributed by atoms with Gasteiger partial charge in [-0.1, -0.05) is 17.7 Å². The fourth-order valence-electron chi connectivity index (χ4n) is 1.40. The minimum Gasteiger partial charge on any atom is -0.464 e. The van der Waals surface area contributed by atoms with Gasteiger partial charge in [-0.2, -0.15) is 0 Å². The van der Waals surface area contributed by atoms with E-state index in [1.165, 1.54) is 19.5 Å². The van der Waals surface area contributed by atoms with Crippen LogP contribution in [0, 0.1) is 6.92 Å². The van der Waals surface area contributed by atoms with Gasteiger partial charge in [-0.05, 0) is 24.6 Å². The highest BCUT2D eigenvalue weighted by Gasteiger charge is 2.10. The second-order valence-electron chi connectivity index (χ2n) is 3.75. The Morgan fingerprint density at radius 2 is 2.11 bits per heavy atom. The molecule has 0 saturated carbocycles. The molecule has 0 aliphatic heterocycles. The average molecular weight is 279 g/mol. The number of benzene rings is 1. The molecule has 98 valence electrons. The maximum absolute atomic E-state index is 11.3. The number of ether oxygens (including phenoxy) is 2. The van der Waals surface area contributed by atoms with Crippen molar-refractivity contribution in [1.82, 2.24) is 9.97 Å². The van der Waals surface area contributed by atoms with Gasteiger partial charge in [-0.15, -0.1) is 0 Å². The summed E-state index contributed by atoms with van der Waals surface area (Å²) in [4.78, 5) is 19.2. The van der Waals surface area contributed by atoms with Crippen molar-refractivity contribution in [3.63, 3.8) is 0 Å². The molecule has 0 radical (unpaired) electrons. The van der Waals surface area contributed by atoms with Crippen LogP contribution in [0.25, 0.3) is 0 Å². The minimum atomic E-state index is -0.569. The van der Waals surface area contributed by atoms with Crippen LogP contribution >= 0.6 is 11.6 Å². The van der Waals surface area contributed by atoms with E-state index in [1.807, 2.05) is 13.0 Å². The van der Waals surface area contributed by atoms with Crippen LogP contribution in [-0.4, -0.2) is 23.0 Å². The molecule has 0 saturated heterocycles. The summed E-state index contributed by atoms with van der Waals surface area (Å²) in [5.41, 5.74) is 0.981. The molecule has 5 nitrogen and oxygen atoms in total. The third-order valence-corrected chi connectivity index (χ3v) is 2.61. The topological polar surface area (TPSA) is 61.3 Å². The Morgan fingerprint density at radius 3 is 2.84 bits per heavy atom. The second kappa shape index (κ2) is 5.67. The van der Waals surface area contributed by atoms with E-state index in [1.54, 1.807) is 12.1 Å². The van der Waals surface area contributed by atoms with Gasteiger partial charge in [-0.3, -0.25) is 4.98 Å². The van der Waals surface area contributed by atoms with E-state index >= 15 is 0 Å². The molecule has 2 aromatic rings. The zero-order valence-electron chi connectivity index (χ0n) is 10.4. The molecular formula is C13H11ClN2O3. The molecule has 0 unspecified atom stereocenters. The van der Waals surface area contributed by atoms with Gasteiger partial charge in [0, 0.05) is 5.02 Å². The first-order valence-electron chi connectivity index (χ1n) is 5.44. The normalized spacial score (nSPS) is 10.1. The van der Waals surface area contributed by atoms with E-state index in [2.05, 4.69) is 14.7 Å². The molecule has 0 N–H and O–H groups in total. The number of hydrogen-bond acceptors (Lipinski definition) is 5. The molecule has 6 heteroatoms. The third kappa shape index (κ3) is 3.20. The van der Waals surface area contributed by atoms with Crippen LogP contribution in [0.2, 0.25) is 5.02 Å². The third-order valence-electron chi connectivity index (χ3n) is 2.37. The molecule has 0 atom stereocenters. The second-order valence-corrected chi connectivity index (χ2v) is 4.18. The smallest absolute Gasteiger partial charge is 0.358 e. The first-order valence-corrected chi connectivity index (χ1v) is 5.82. The summed E-state index contributed by atoms with van der Waals surface area (Å²) < 4.78 is 10.1. The summed E-state index contributed by atoms with van der Waals surface area (Å²) in [7, 11) is 1.28. The van der Waals surface area contributed by atoms with Crippen LogP contribution in [0.1, 0.15) is 16.1 Å². The molecule has 1 aromatic carbocycles. The van der Waals surface area contributed by atoms with Crippen molar-refractivity contribution in [2.75, 3.05) is 7.11 Å². The summed E-state index contributed by atoms with van der Waals surface area (Å²) in [6.45, 7) is 1.88. The predicted molar refractivity (Wildman–Crippen MR) is 69.6 cm³/mol. The van der Waals surface area contributed by atoms with Gasteiger partial charge in [0.2, 0.25) is 5.88 Å². The molecule has 0 aliphatic carbocycles. The number of hydrogen-bond donors (Lipinski definition) is 0. The van der Waals surface area contributed by atoms with Crippen LogP contribution in [-0.2, 0) is 4.74 Å². The van der Waals surface area contributed by atoms with Crippen LogP contribution < -0.4 is 4.74 Å². The van der Waals surface area contributed by atoms with E-state index < -0.39 is 5.97 Å². The van der Waals surface area contributed by atoms with Gasteiger partial charge in [0.05, 0.1) is 19.5 Å². The van der Waals surface area contributed by atoms with Crippen molar-refractivity contribution < 1.29 is 14.3 Å². The number of carbonyl (C=O) groups is 1. The quantitative estimate of drug-likeness (QED) is 0.808. The zero-order valence-corrected chi connectivity index (χ0v) is 11.1. The number of methoxy groups -OCH3 is 1. The number of nitrogens with zero attached hydrogens (tertiary/aromatic N) is 2. The number of halogens is 1. The number of aromatic nitrogens is 2. The standard InChI is InChI=1S/C13H11ClN2O3/c1-8-3-4-9(14)5-11(8)19-12-7-15-6-10(16-12)13(17)18-2/h3-7H,1-2H3. The SMILES string of the molecule is COC(=O)c1cncc(Oc2cc(Cl)ccc2C)n1. The highest BCUT2D eigenvalue weighted by molar-refractivity contribution is 6.30. The molecule has 1 heterocycles. The Labute approximate surface area is 115 Å². The van der Waals surface area contributed by atoms with Gasteiger partial charge >= 0.3 is 5.97 Å². The summed E-state index contributed by atoms with van der Waals surface area (Å²) in [6.07, 6.45) is 2.72. The number of rotatable bonds is 3. The van der Waals surface area contributed by atoms with Crippen molar-refractivity contribution in [2.45, 2.75) is 6.92 Å². The lowest BCUT2D eigenvalue weighted by atomic mass is 10.2. The Hall–Kier alpha value is -2.14. The van der Waals surface area contributed by atoms with Crippen LogP contribution in [0.15, 0.2) is 30.6 Å². The fraction of sp³-hybridized carbons (Fsp3) is 0.154. The molecule has 0 spiro atoms. The summed E-state index contributed by atoms with van der Waals surface area (Å²) in [5.74, 6) is 0.192. The van der Waals surface area contributed by atoms with Crippen molar-refractivity contribution in [3.8, 4) is 11.6 Å². The van der Waals surface area contributed by atoms with Crippen LogP contribution in [0.4, 0.5) is 0 Å². The summed E-state index contributed by atoms with van der Waals surface area (Å²) in [6, 6.07) is 5.26. The fourth-order valence-corrected chi connectivity index (χ4v) is 1.56. The Balaban J connectivity index is 2.28. The van der Waals surface area contributed by atoms with E-state index in [-0.39, 0.29) is 11.6 Å². The van der Waals surface area contributed by atoms with Crippen molar-refractivity contribution in [3.05, 3.63) is 46.9 Å². The van der Waals surface area contributed by atoms with Gasteiger partial charge in [0.1, 0.15) is 5.75 Å². The van der Waals surface area contributed by atoms with Crippen molar-refractivity contribution >= 4 is 17.6 Å². The number of esters is 1. The summed E-state index contributed by atoms with van der Waals surface area (Å²) in [5, 5.41) is 0.553.